The smallest absolute Gasteiger partial charge is 0.241 e. The number of hydrogen-bond donors (Lipinski definition) is 1. The molecule has 2 aromatic carbocycles. The first kappa shape index (κ1) is 17.8. The first-order valence-electron chi connectivity index (χ1n) is 8.32. The molecular formula is C20H15NO4S2. The second-order valence-corrected chi connectivity index (χ2v) is 8.88. The second-order valence-electron chi connectivity index (χ2n) is 6.11. The third kappa shape index (κ3) is 3.14. The first-order chi connectivity index (χ1) is 13.0. The van der Waals surface area contributed by atoms with Crippen molar-refractivity contribution < 1.29 is 18.0 Å². The minimum atomic E-state index is -3.93. The van der Waals surface area contributed by atoms with E-state index in [0.29, 0.717) is 12.0 Å². The zero-order valence-corrected chi connectivity index (χ0v) is 15.8. The normalized spacial score (nSPS) is 13.3. The van der Waals surface area contributed by atoms with Crippen LogP contribution in [0, 0.1) is 0 Å². The number of hydrogen-bond acceptors (Lipinski definition) is 5. The van der Waals surface area contributed by atoms with E-state index in [4.69, 9.17) is 0 Å². The highest BCUT2D eigenvalue weighted by molar-refractivity contribution is 7.89. The zero-order chi connectivity index (χ0) is 19.0. The molecule has 0 bridgehead atoms. The van der Waals surface area contributed by atoms with Gasteiger partial charge in [0.1, 0.15) is 0 Å². The molecule has 1 aliphatic rings. The van der Waals surface area contributed by atoms with Crippen LogP contribution in [0.3, 0.4) is 0 Å². The average molecular weight is 397 g/mol. The summed E-state index contributed by atoms with van der Waals surface area (Å²) in [4.78, 5) is 26.6. The number of benzene rings is 2. The molecule has 136 valence electrons. The third-order valence-electron chi connectivity index (χ3n) is 4.45. The quantitative estimate of drug-likeness (QED) is 0.561. The Hall–Kier alpha value is -2.61. The van der Waals surface area contributed by atoms with E-state index >= 15 is 0 Å². The van der Waals surface area contributed by atoms with Crippen molar-refractivity contribution in [2.45, 2.75) is 11.3 Å². The van der Waals surface area contributed by atoms with E-state index in [1.807, 2.05) is 17.5 Å². The number of sulfonamides is 1. The van der Waals surface area contributed by atoms with E-state index < -0.39 is 15.8 Å². The Morgan fingerprint density at radius 3 is 2.22 bits per heavy atom. The molecule has 27 heavy (non-hydrogen) atoms. The van der Waals surface area contributed by atoms with Crippen molar-refractivity contribution in [3.8, 4) is 0 Å². The molecule has 0 aliphatic heterocycles. The fourth-order valence-corrected chi connectivity index (χ4v) is 5.14. The molecule has 0 radical (unpaired) electrons. The number of ketones is 2. The van der Waals surface area contributed by atoms with Gasteiger partial charge in [0.2, 0.25) is 10.0 Å². The molecule has 0 saturated carbocycles. The van der Waals surface area contributed by atoms with Crippen LogP contribution in [0.25, 0.3) is 0 Å². The second kappa shape index (κ2) is 6.84. The lowest BCUT2D eigenvalue weighted by Crippen LogP contribution is -2.30. The molecule has 0 fully saturated rings. The molecule has 0 atom stereocenters. The Morgan fingerprint density at radius 2 is 1.52 bits per heavy atom. The largest absolute Gasteiger partial charge is 0.289 e. The van der Waals surface area contributed by atoms with E-state index in [1.54, 1.807) is 35.6 Å². The molecular weight excluding hydrogens is 382 g/mol. The number of nitrogens with one attached hydrogen (secondary N) is 1. The first-order valence-corrected chi connectivity index (χ1v) is 10.7. The Balaban J connectivity index is 1.71. The summed E-state index contributed by atoms with van der Waals surface area (Å²) >= 11 is 1.55. The molecule has 0 spiro atoms. The number of rotatable bonds is 5. The number of carbonyl (C=O) groups excluding carboxylic acids is 2. The fourth-order valence-electron chi connectivity index (χ4n) is 3.18. The number of fused-ring (bicyclic) bond motifs is 2. The predicted molar refractivity (Wildman–Crippen MR) is 103 cm³/mol. The molecule has 0 amide bonds. The molecule has 1 aromatic heterocycles. The van der Waals surface area contributed by atoms with Gasteiger partial charge in [-0.15, -0.1) is 11.3 Å². The molecule has 7 heteroatoms. The lowest BCUT2D eigenvalue weighted by Gasteiger charge is -2.20. The molecule has 0 saturated heterocycles. The van der Waals surface area contributed by atoms with Crippen LogP contribution in [0.4, 0.5) is 0 Å². The number of carbonyl (C=O) groups is 2. The van der Waals surface area contributed by atoms with Crippen LogP contribution in [0.1, 0.15) is 36.7 Å². The van der Waals surface area contributed by atoms with Crippen LogP contribution in [0.15, 0.2) is 64.9 Å². The van der Waals surface area contributed by atoms with Gasteiger partial charge in [0.25, 0.3) is 0 Å². The van der Waals surface area contributed by atoms with Gasteiger partial charge in [0, 0.05) is 28.1 Å². The van der Waals surface area contributed by atoms with Gasteiger partial charge in [-0.1, -0.05) is 42.5 Å². The maximum absolute atomic E-state index is 12.9. The molecule has 0 unspecified atom stereocenters. The summed E-state index contributed by atoms with van der Waals surface area (Å²) in [5.74, 6) is -0.782. The van der Waals surface area contributed by atoms with Gasteiger partial charge in [-0.25, -0.2) is 13.1 Å². The van der Waals surface area contributed by atoms with Gasteiger partial charge in [0.05, 0.1) is 10.5 Å². The Bertz CT molecular complexity index is 1150. The van der Waals surface area contributed by atoms with Gasteiger partial charge in [0.15, 0.2) is 11.6 Å². The van der Waals surface area contributed by atoms with Crippen LogP contribution < -0.4 is 4.72 Å². The summed E-state index contributed by atoms with van der Waals surface area (Å²) in [7, 11) is -3.93. The summed E-state index contributed by atoms with van der Waals surface area (Å²) < 4.78 is 28.2. The maximum Gasteiger partial charge on any atom is 0.241 e. The van der Waals surface area contributed by atoms with Gasteiger partial charge >= 0.3 is 0 Å². The molecule has 4 rings (SSSR count). The minimum absolute atomic E-state index is 0.0511. The van der Waals surface area contributed by atoms with Crippen molar-refractivity contribution >= 4 is 32.9 Å². The Morgan fingerprint density at radius 1 is 0.815 bits per heavy atom. The van der Waals surface area contributed by atoms with Crippen molar-refractivity contribution in [1.82, 2.24) is 4.72 Å². The van der Waals surface area contributed by atoms with Crippen LogP contribution in [0.2, 0.25) is 0 Å². The van der Waals surface area contributed by atoms with Crippen molar-refractivity contribution in [2.75, 3.05) is 6.54 Å². The molecule has 3 aromatic rings. The van der Waals surface area contributed by atoms with Gasteiger partial charge in [-0.2, -0.15) is 0 Å². The summed E-state index contributed by atoms with van der Waals surface area (Å²) in [6.45, 7) is 0.214. The van der Waals surface area contributed by atoms with E-state index in [2.05, 4.69) is 4.72 Å². The van der Waals surface area contributed by atoms with E-state index in [0.717, 1.165) is 4.88 Å². The molecule has 1 heterocycles. The molecule has 1 N–H and O–H groups in total. The standard InChI is InChI=1S/C20H15NO4S2/c22-19-14-6-1-2-7-15(14)20(23)18-16(19)8-3-9-17(18)27(24,25)21-11-10-13-5-4-12-26-13/h1-9,12,21H,10-11H2. The maximum atomic E-state index is 12.9. The van der Waals surface area contributed by atoms with E-state index in [-0.39, 0.29) is 33.9 Å². The lowest BCUT2D eigenvalue weighted by molar-refractivity contribution is 0.0976. The SMILES string of the molecule is O=C1c2ccccc2C(=O)c2c1cccc2S(=O)(=O)NCCc1cccs1. The van der Waals surface area contributed by atoms with Crippen LogP contribution in [0.5, 0.6) is 0 Å². The van der Waals surface area contributed by atoms with Crippen LogP contribution >= 0.6 is 11.3 Å². The zero-order valence-electron chi connectivity index (χ0n) is 14.1. The molecule has 1 aliphatic carbocycles. The van der Waals surface area contributed by atoms with Crippen molar-refractivity contribution in [1.29, 1.82) is 0 Å². The summed E-state index contributed by atoms with van der Waals surface area (Å²) in [5, 5.41) is 1.93. The number of thiophene rings is 1. The highest BCUT2D eigenvalue weighted by Gasteiger charge is 2.34. The lowest BCUT2D eigenvalue weighted by atomic mass is 9.84. The highest BCUT2D eigenvalue weighted by atomic mass is 32.2. The van der Waals surface area contributed by atoms with E-state index in [1.165, 1.54) is 18.2 Å². The van der Waals surface area contributed by atoms with Crippen molar-refractivity contribution in [2.24, 2.45) is 0 Å². The fraction of sp³-hybridized carbons (Fsp3) is 0.100. The average Bonchev–Trinajstić information content (AvgIpc) is 3.19. The third-order valence-corrected chi connectivity index (χ3v) is 6.89. The monoisotopic (exact) mass is 397 g/mol. The Labute approximate surface area is 160 Å². The summed E-state index contributed by atoms with van der Waals surface area (Å²) in [6, 6.07) is 14.7. The van der Waals surface area contributed by atoms with E-state index in [9.17, 15) is 18.0 Å². The van der Waals surface area contributed by atoms with Crippen molar-refractivity contribution in [3.05, 3.63) is 87.1 Å². The van der Waals surface area contributed by atoms with Crippen LogP contribution in [-0.2, 0) is 16.4 Å². The summed E-state index contributed by atoms with van der Waals surface area (Å²) in [6.07, 6.45) is 0.557. The highest BCUT2D eigenvalue weighted by Crippen LogP contribution is 2.31. The minimum Gasteiger partial charge on any atom is -0.289 e. The van der Waals surface area contributed by atoms with Crippen molar-refractivity contribution in [3.63, 3.8) is 0 Å². The molecule has 5 nitrogen and oxygen atoms in total. The summed E-state index contributed by atoms with van der Waals surface area (Å²) in [5.41, 5.74) is 0.607. The van der Waals surface area contributed by atoms with Crippen LogP contribution in [-0.4, -0.2) is 26.5 Å². The topological polar surface area (TPSA) is 80.3 Å². The van der Waals surface area contributed by atoms with Gasteiger partial charge < -0.3 is 0 Å². The Kier molecular flexibility index (Phi) is 4.51. The van der Waals surface area contributed by atoms with Gasteiger partial charge in [-0.05, 0) is 23.9 Å². The van der Waals surface area contributed by atoms with Gasteiger partial charge in [-0.3, -0.25) is 9.59 Å². The predicted octanol–water partition coefficient (Wildman–Crippen LogP) is 3.04.